The van der Waals surface area contributed by atoms with E-state index < -0.39 is 5.97 Å². The number of anilines is 3. The van der Waals surface area contributed by atoms with Crippen molar-refractivity contribution in [2.45, 2.75) is 26.7 Å². The van der Waals surface area contributed by atoms with Crippen LogP contribution >= 0.6 is 0 Å². The number of carbonyl (C=O) groups excluding carboxylic acids is 2. The number of rotatable bonds is 5. The molecular formula is C22H27N3O3. The third kappa shape index (κ3) is 5.03. The van der Waals surface area contributed by atoms with Crippen molar-refractivity contribution in [1.29, 1.82) is 0 Å². The van der Waals surface area contributed by atoms with Crippen molar-refractivity contribution in [3.05, 3.63) is 53.6 Å². The van der Waals surface area contributed by atoms with E-state index in [1.165, 1.54) is 12.8 Å². The number of amides is 1. The van der Waals surface area contributed by atoms with Crippen LogP contribution < -0.4 is 16.0 Å². The molecule has 1 saturated heterocycles. The van der Waals surface area contributed by atoms with E-state index in [-0.39, 0.29) is 12.5 Å². The molecule has 2 aromatic carbocycles. The lowest BCUT2D eigenvalue weighted by Crippen LogP contribution is -2.32. The zero-order valence-corrected chi connectivity index (χ0v) is 16.4. The van der Waals surface area contributed by atoms with Gasteiger partial charge in [0.2, 0.25) is 0 Å². The van der Waals surface area contributed by atoms with Crippen LogP contribution in [0.25, 0.3) is 0 Å². The molecule has 0 aromatic heterocycles. The Balaban J connectivity index is 1.49. The van der Waals surface area contributed by atoms with Crippen LogP contribution in [0.15, 0.2) is 42.5 Å². The summed E-state index contributed by atoms with van der Waals surface area (Å²) in [5, 5.41) is 2.75. The number of esters is 1. The van der Waals surface area contributed by atoms with E-state index in [0.717, 1.165) is 30.3 Å². The predicted molar refractivity (Wildman–Crippen MR) is 112 cm³/mol. The number of piperidine rings is 1. The minimum atomic E-state index is -0.573. The van der Waals surface area contributed by atoms with Crippen molar-refractivity contribution < 1.29 is 14.3 Å². The smallest absolute Gasteiger partial charge is 0.338 e. The highest BCUT2D eigenvalue weighted by molar-refractivity contribution is 5.96. The summed E-state index contributed by atoms with van der Waals surface area (Å²) in [7, 11) is 0. The molecule has 0 saturated carbocycles. The van der Waals surface area contributed by atoms with Gasteiger partial charge in [-0.3, -0.25) is 4.79 Å². The van der Waals surface area contributed by atoms with Crippen molar-refractivity contribution in [3.8, 4) is 0 Å². The number of benzene rings is 2. The van der Waals surface area contributed by atoms with Crippen LogP contribution in [0.4, 0.5) is 17.1 Å². The number of nitrogens with zero attached hydrogens (tertiary/aromatic N) is 1. The van der Waals surface area contributed by atoms with Gasteiger partial charge in [-0.1, -0.05) is 13.0 Å². The maximum atomic E-state index is 12.1. The molecule has 0 spiro atoms. The highest BCUT2D eigenvalue weighted by atomic mass is 16.5. The van der Waals surface area contributed by atoms with Crippen LogP contribution in [0.3, 0.4) is 0 Å². The number of nitrogens with two attached hydrogens (primary N) is 1. The SMILES string of the molecule is Cc1ccc(C(=O)OCC(=O)Nc2ccc(N3CCC(C)CC3)cc2)cc1N. The van der Waals surface area contributed by atoms with Gasteiger partial charge in [-0.2, -0.15) is 0 Å². The Hall–Kier alpha value is -3.02. The van der Waals surface area contributed by atoms with E-state index in [9.17, 15) is 9.59 Å². The zero-order valence-electron chi connectivity index (χ0n) is 16.4. The van der Waals surface area contributed by atoms with Crippen LogP contribution in [0.2, 0.25) is 0 Å². The Morgan fingerprint density at radius 1 is 1.14 bits per heavy atom. The van der Waals surface area contributed by atoms with Gasteiger partial charge >= 0.3 is 5.97 Å². The number of hydrogen-bond acceptors (Lipinski definition) is 5. The average Bonchev–Trinajstić information content (AvgIpc) is 2.69. The fourth-order valence-corrected chi connectivity index (χ4v) is 3.20. The van der Waals surface area contributed by atoms with Gasteiger partial charge in [-0.25, -0.2) is 4.79 Å². The largest absolute Gasteiger partial charge is 0.452 e. The summed E-state index contributed by atoms with van der Waals surface area (Å²) in [5.41, 5.74) is 9.37. The summed E-state index contributed by atoms with van der Waals surface area (Å²) in [6.45, 7) is 5.92. The van der Waals surface area contributed by atoms with Crippen molar-refractivity contribution in [1.82, 2.24) is 0 Å². The van der Waals surface area contributed by atoms with Crippen LogP contribution in [0, 0.1) is 12.8 Å². The average molecular weight is 381 g/mol. The minimum Gasteiger partial charge on any atom is -0.452 e. The molecule has 2 aromatic rings. The molecule has 3 N–H and O–H groups in total. The molecular weight excluding hydrogens is 354 g/mol. The molecule has 1 fully saturated rings. The molecule has 148 valence electrons. The van der Waals surface area contributed by atoms with Crippen molar-refractivity contribution >= 4 is 28.9 Å². The lowest BCUT2D eigenvalue weighted by molar-refractivity contribution is -0.119. The van der Waals surface area contributed by atoms with E-state index in [1.807, 2.05) is 31.2 Å². The Labute approximate surface area is 165 Å². The van der Waals surface area contributed by atoms with Crippen molar-refractivity contribution in [2.75, 3.05) is 35.6 Å². The Morgan fingerprint density at radius 3 is 2.46 bits per heavy atom. The standard InChI is InChI=1S/C22H27N3O3/c1-15-9-11-25(12-10-15)19-7-5-18(6-8-19)24-21(26)14-28-22(27)17-4-3-16(2)20(23)13-17/h3-8,13,15H,9-12,14,23H2,1-2H3,(H,24,26). The van der Waals surface area contributed by atoms with Gasteiger partial charge in [0.15, 0.2) is 6.61 Å². The van der Waals surface area contributed by atoms with Crippen molar-refractivity contribution in [3.63, 3.8) is 0 Å². The van der Waals surface area contributed by atoms with E-state index in [1.54, 1.807) is 18.2 Å². The highest BCUT2D eigenvalue weighted by Gasteiger charge is 2.16. The molecule has 6 nitrogen and oxygen atoms in total. The van der Waals surface area contributed by atoms with E-state index in [4.69, 9.17) is 10.5 Å². The summed E-state index contributed by atoms with van der Waals surface area (Å²) in [4.78, 5) is 26.5. The molecule has 0 radical (unpaired) electrons. The number of aryl methyl sites for hydroxylation is 1. The van der Waals surface area contributed by atoms with Crippen LogP contribution in [-0.2, 0) is 9.53 Å². The molecule has 0 aliphatic carbocycles. The first-order valence-corrected chi connectivity index (χ1v) is 9.60. The maximum Gasteiger partial charge on any atom is 0.338 e. The van der Waals surface area contributed by atoms with Crippen molar-refractivity contribution in [2.24, 2.45) is 5.92 Å². The lowest BCUT2D eigenvalue weighted by Gasteiger charge is -2.32. The molecule has 28 heavy (non-hydrogen) atoms. The monoisotopic (exact) mass is 381 g/mol. The summed E-state index contributed by atoms with van der Waals surface area (Å²) < 4.78 is 5.07. The third-order valence-electron chi connectivity index (χ3n) is 5.15. The van der Waals surface area contributed by atoms with Gasteiger partial charge in [0.05, 0.1) is 5.56 Å². The molecule has 0 bridgehead atoms. The summed E-state index contributed by atoms with van der Waals surface area (Å²) >= 11 is 0. The van der Waals surface area contributed by atoms with E-state index in [2.05, 4.69) is 17.1 Å². The molecule has 0 unspecified atom stereocenters. The molecule has 3 rings (SSSR count). The molecule has 1 amide bonds. The van der Waals surface area contributed by atoms with Gasteiger partial charge in [0, 0.05) is 30.2 Å². The first-order valence-electron chi connectivity index (χ1n) is 9.60. The third-order valence-corrected chi connectivity index (χ3v) is 5.15. The second kappa shape index (κ2) is 8.78. The summed E-state index contributed by atoms with van der Waals surface area (Å²) in [5.74, 6) is -0.168. The van der Waals surface area contributed by atoms with Crippen LogP contribution in [0.5, 0.6) is 0 Å². The molecule has 6 heteroatoms. The number of hydrogen-bond donors (Lipinski definition) is 2. The van der Waals surface area contributed by atoms with Gasteiger partial charge in [0.25, 0.3) is 5.91 Å². The predicted octanol–water partition coefficient (Wildman–Crippen LogP) is 3.61. The number of carbonyl (C=O) groups is 2. The first kappa shape index (κ1) is 19.7. The Kier molecular flexibility index (Phi) is 6.19. The minimum absolute atomic E-state index is 0.330. The lowest BCUT2D eigenvalue weighted by atomic mass is 9.99. The fourth-order valence-electron chi connectivity index (χ4n) is 3.20. The second-order valence-corrected chi connectivity index (χ2v) is 7.41. The normalized spacial score (nSPS) is 14.6. The molecule has 0 atom stereocenters. The molecule has 1 heterocycles. The van der Waals surface area contributed by atoms with Gasteiger partial charge in [-0.15, -0.1) is 0 Å². The number of nitrogens with one attached hydrogen (secondary N) is 1. The highest BCUT2D eigenvalue weighted by Crippen LogP contribution is 2.24. The van der Waals surface area contributed by atoms with Gasteiger partial charge < -0.3 is 20.7 Å². The summed E-state index contributed by atoms with van der Waals surface area (Å²) in [6.07, 6.45) is 2.41. The Bertz CT molecular complexity index is 841. The van der Waals surface area contributed by atoms with Crippen LogP contribution in [-0.4, -0.2) is 31.6 Å². The number of ether oxygens (including phenoxy) is 1. The first-order chi connectivity index (χ1) is 13.4. The van der Waals surface area contributed by atoms with E-state index in [0.29, 0.717) is 16.9 Å². The quantitative estimate of drug-likeness (QED) is 0.610. The zero-order chi connectivity index (χ0) is 20.1. The van der Waals surface area contributed by atoms with Crippen LogP contribution in [0.1, 0.15) is 35.7 Å². The van der Waals surface area contributed by atoms with E-state index >= 15 is 0 Å². The second-order valence-electron chi connectivity index (χ2n) is 7.41. The van der Waals surface area contributed by atoms with Gasteiger partial charge in [-0.05, 0) is 67.6 Å². The Morgan fingerprint density at radius 2 is 1.82 bits per heavy atom. The molecule has 1 aliphatic rings. The van der Waals surface area contributed by atoms with Gasteiger partial charge in [0.1, 0.15) is 0 Å². The summed E-state index contributed by atoms with van der Waals surface area (Å²) in [6, 6.07) is 12.7. The molecule has 1 aliphatic heterocycles. The maximum absolute atomic E-state index is 12.1. The fraction of sp³-hybridized carbons (Fsp3) is 0.364. The topological polar surface area (TPSA) is 84.7 Å². The number of nitrogen functional groups attached to an aromatic ring is 1.